The number of phenolic OH excluding ortho intramolecular Hbond substituents is 1. The molecule has 1 fully saturated rings. The summed E-state index contributed by atoms with van der Waals surface area (Å²) in [6.07, 6.45) is 2.01. The molecule has 1 aliphatic rings. The van der Waals surface area contributed by atoms with Gasteiger partial charge in [0.1, 0.15) is 11.3 Å². The zero-order valence-corrected chi connectivity index (χ0v) is 15.1. The van der Waals surface area contributed by atoms with Gasteiger partial charge in [0.2, 0.25) is 0 Å². The number of piperazine rings is 1. The Morgan fingerprint density at radius 1 is 0.926 bits per heavy atom. The smallest absolute Gasteiger partial charge is 0.141 e. The van der Waals surface area contributed by atoms with E-state index < -0.39 is 0 Å². The first kappa shape index (κ1) is 16.1. The number of H-pyrrole nitrogens is 1. The summed E-state index contributed by atoms with van der Waals surface area (Å²) in [5.41, 5.74) is 4.19. The molecule has 0 bridgehead atoms. The van der Waals surface area contributed by atoms with Gasteiger partial charge in [0.05, 0.1) is 5.69 Å². The summed E-state index contributed by atoms with van der Waals surface area (Å²) < 4.78 is 0. The molecule has 3 heterocycles. The molecule has 0 atom stereocenters. The summed E-state index contributed by atoms with van der Waals surface area (Å²) in [4.78, 5) is 12.9. The summed E-state index contributed by atoms with van der Waals surface area (Å²) in [5.74, 6) is 0.249. The Kier molecular flexibility index (Phi) is 3.94. The molecule has 0 amide bonds. The molecule has 2 N–H and O–H groups in total. The first-order valence-electron chi connectivity index (χ1n) is 9.39. The fourth-order valence-corrected chi connectivity index (χ4v) is 3.98. The van der Waals surface area contributed by atoms with E-state index in [0.29, 0.717) is 5.52 Å². The Morgan fingerprint density at radius 3 is 2.67 bits per heavy atom. The van der Waals surface area contributed by atoms with E-state index in [4.69, 9.17) is 0 Å². The Labute approximate surface area is 157 Å². The SMILES string of the molecule is Oc1cccc2ccc(CN3CCN(c4cccc5[nH]ccc45)CC3)nc12. The number of anilines is 1. The van der Waals surface area contributed by atoms with Crippen LogP contribution in [0.25, 0.3) is 21.8 Å². The third kappa shape index (κ3) is 3.00. The van der Waals surface area contributed by atoms with Gasteiger partial charge in [0.15, 0.2) is 0 Å². The maximum atomic E-state index is 10.0. The number of phenols is 1. The lowest BCUT2D eigenvalue weighted by Gasteiger charge is -2.36. The minimum absolute atomic E-state index is 0.249. The molecule has 5 nitrogen and oxygen atoms in total. The van der Waals surface area contributed by atoms with Crippen molar-refractivity contribution in [1.82, 2.24) is 14.9 Å². The summed E-state index contributed by atoms with van der Waals surface area (Å²) in [6.45, 7) is 4.82. The predicted octanol–water partition coefficient (Wildman–Crippen LogP) is 3.74. The highest BCUT2D eigenvalue weighted by Gasteiger charge is 2.19. The topological polar surface area (TPSA) is 55.4 Å². The fraction of sp³-hybridized carbons (Fsp3) is 0.227. The van der Waals surface area contributed by atoms with Crippen LogP contribution in [0, 0.1) is 0 Å². The molecule has 1 saturated heterocycles. The van der Waals surface area contributed by atoms with Crippen molar-refractivity contribution >= 4 is 27.5 Å². The number of fused-ring (bicyclic) bond motifs is 2. The van der Waals surface area contributed by atoms with Crippen molar-refractivity contribution in [2.45, 2.75) is 6.54 Å². The van der Waals surface area contributed by atoms with Gasteiger partial charge in [-0.25, -0.2) is 4.98 Å². The zero-order valence-electron chi connectivity index (χ0n) is 15.1. The number of aromatic nitrogens is 2. The number of nitrogens with zero attached hydrogens (tertiary/aromatic N) is 3. The third-order valence-electron chi connectivity index (χ3n) is 5.43. The molecule has 0 aliphatic carbocycles. The standard InChI is InChI=1S/C22H22N4O/c27-21-6-1-3-16-7-8-17(24-22(16)21)15-25-11-13-26(14-12-25)20-5-2-4-19-18(20)9-10-23-19/h1-10,23,27H,11-15H2. The molecular formula is C22H22N4O. The van der Waals surface area contributed by atoms with E-state index in [1.54, 1.807) is 6.07 Å². The van der Waals surface area contributed by atoms with E-state index >= 15 is 0 Å². The van der Waals surface area contributed by atoms with E-state index in [1.165, 1.54) is 16.6 Å². The molecule has 2 aromatic heterocycles. The molecule has 27 heavy (non-hydrogen) atoms. The Bertz CT molecular complexity index is 1100. The van der Waals surface area contributed by atoms with Crippen molar-refractivity contribution in [3.05, 3.63) is 66.5 Å². The Morgan fingerprint density at radius 2 is 1.78 bits per heavy atom. The summed E-state index contributed by atoms with van der Waals surface area (Å²) in [7, 11) is 0. The molecule has 5 heteroatoms. The van der Waals surface area contributed by atoms with Crippen molar-refractivity contribution in [2.24, 2.45) is 0 Å². The van der Waals surface area contributed by atoms with Crippen molar-refractivity contribution in [3.63, 3.8) is 0 Å². The zero-order chi connectivity index (χ0) is 18.2. The molecule has 4 aromatic rings. The number of aromatic amines is 1. The second-order valence-corrected chi connectivity index (χ2v) is 7.13. The van der Waals surface area contributed by atoms with Crippen molar-refractivity contribution < 1.29 is 5.11 Å². The Balaban J connectivity index is 1.30. The van der Waals surface area contributed by atoms with E-state index in [9.17, 15) is 5.11 Å². The summed E-state index contributed by atoms with van der Waals surface area (Å²) >= 11 is 0. The first-order chi connectivity index (χ1) is 13.3. The molecule has 0 radical (unpaired) electrons. The number of hydrogen-bond acceptors (Lipinski definition) is 4. The van der Waals surface area contributed by atoms with Gasteiger partial charge in [0.25, 0.3) is 0 Å². The summed E-state index contributed by atoms with van der Waals surface area (Å²) in [5, 5.41) is 12.3. The highest BCUT2D eigenvalue weighted by Crippen LogP contribution is 2.27. The van der Waals surface area contributed by atoms with Crippen LogP contribution in [0.3, 0.4) is 0 Å². The average Bonchev–Trinajstić information content (AvgIpc) is 3.18. The van der Waals surface area contributed by atoms with E-state index in [0.717, 1.165) is 43.8 Å². The minimum Gasteiger partial charge on any atom is -0.506 e. The maximum Gasteiger partial charge on any atom is 0.141 e. The number of aromatic hydroxyl groups is 1. The quantitative estimate of drug-likeness (QED) is 0.586. The molecular weight excluding hydrogens is 336 g/mol. The minimum atomic E-state index is 0.249. The van der Waals surface area contributed by atoms with Gasteiger partial charge < -0.3 is 15.0 Å². The number of rotatable bonds is 3. The monoisotopic (exact) mass is 358 g/mol. The summed E-state index contributed by atoms with van der Waals surface area (Å²) in [6, 6.07) is 18.2. The predicted molar refractivity (Wildman–Crippen MR) is 109 cm³/mol. The normalized spacial score (nSPS) is 15.6. The molecule has 136 valence electrons. The lowest BCUT2D eigenvalue weighted by molar-refractivity contribution is 0.247. The van der Waals surface area contributed by atoms with Gasteiger partial charge in [-0.3, -0.25) is 4.90 Å². The van der Waals surface area contributed by atoms with Gasteiger partial charge >= 0.3 is 0 Å². The van der Waals surface area contributed by atoms with Gasteiger partial charge in [-0.2, -0.15) is 0 Å². The highest BCUT2D eigenvalue weighted by atomic mass is 16.3. The van der Waals surface area contributed by atoms with E-state index in [2.05, 4.69) is 50.1 Å². The molecule has 0 unspecified atom stereocenters. The van der Waals surface area contributed by atoms with Crippen LogP contribution in [-0.2, 0) is 6.54 Å². The largest absolute Gasteiger partial charge is 0.506 e. The average molecular weight is 358 g/mol. The molecule has 0 spiro atoms. The van der Waals surface area contributed by atoms with Crippen LogP contribution >= 0.6 is 0 Å². The van der Waals surface area contributed by atoms with Crippen molar-refractivity contribution in [1.29, 1.82) is 0 Å². The molecule has 2 aromatic carbocycles. The van der Waals surface area contributed by atoms with Crippen LogP contribution in [0.1, 0.15) is 5.69 Å². The van der Waals surface area contributed by atoms with Crippen LogP contribution in [-0.4, -0.2) is 46.2 Å². The van der Waals surface area contributed by atoms with E-state index in [-0.39, 0.29) is 5.75 Å². The van der Waals surface area contributed by atoms with Gasteiger partial charge in [-0.15, -0.1) is 0 Å². The lowest BCUT2D eigenvalue weighted by atomic mass is 10.1. The van der Waals surface area contributed by atoms with Crippen LogP contribution in [0.15, 0.2) is 60.8 Å². The maximum absolute atomic E-state index is 10.0. The number of pyridine rings is 1. The van der Waals surface area contributed by atoms with Gasteiger partial charge in [-0.1, -0.05) is 24.3 Å². The van der Waals surface area contributed by atoms with Crippen LogP contribution in [0.5, 0.6) is 5.75 Å². The van der Waals surface area contributed by atoms with Crippen molar-refractivity contribution in [3.8, 4) is 5.75 Å². The van der Waals surface area contributed by atoms with Crippen LogP contribution in [0.2, 0.25) is 0 Å². The number of benzene rings is 2. The second kappa shape index (κ2) is 6.59. The third-order valence-corrected chi connectivity index (χ3v) is 5.43. The second-order valence-electron chi connectivity index (χ2n) is 7.13. The first-order valence-corrected chi connectivity index (χ1v) is 9.39. The van der Waals surface area contributed by atoms with Gasteiger partial charge in [0, 0.05) is 60.9 Å². The van der Waals surface area contributed by atoms with E-state index in [1.807, 2.05) is 24.4 Å². The van der Waals surface area contributed by atoms with Crippen molar-refractivity contribution in [2.75, 3.05) is 31.1 Å². The highest BCUT2D eigenvalue weighted by molar-refractivity contribution is 5.92. The number of hydrogen-bond donors (Lipinski definition) is 2. The van der Waals surface area contributed by atoms with Crippen LogP contribution < -0.4 is 4.90 Å². The fourth-order valence-electron chi connectivity index (χ4n) is 3.98. The number of para-hydroxylation sites is 1. The van der Waals surface area contributed by atoms with Gasteiger partial charge in [-0.05, 0) is 30.3 Å². The Hall–Kier alpha value is -3.05. The number of nitrogens with one attached hydrogen (secondary N) is 1. The van der Waals surface area contributed by atoms with Crippen LogP contribution in [0.4, 0.5) is 5.69 Å². The molecule has 0 saturated carbocycles. The molecule has 1 aliphatic heterocycles. The molecule has 5 rings (SSSR count). The lowest BCUT2D eigenvalue weighted by Crippen LogP contribution is -2.46.